The monoisotopic (exact) mass is 591 g/mol. The van der Waals surface area contributed by atoms with E-state index in [-0.39, 0.29) is 11.3 Å². The molecule has 3 aromatic rings. The van der Waals surface area contributed by atoms with Gasteiger partial charge >= 0.3 is 12.1 Å². The second kappa shape index (κ2) is 12.6. The van der Waals surface area contributed by atoms with Gasteiger partial charge in [0.2, 0.25) is 15.8 Å². The number of benzene rings is 1. The summed E-state index contributed by atoms with van der Waals surface area (Å²) >= 11 is 0. The van der Waals surface area contributed by atoms with Crippen molar-refractivity contribution in [2.24, 2.45) is 0 Å². The van der Waals surface area contributed by atoms with E-state index in [9.17, 15) is 30.8 Å². The first-order valence-electron chi connectivity index (χ1n) is 12.0. The van der Waals surface area contributed by atoms with Crippen molar-refractivity contribution in [1.82, 2.24) is 15.3 Å². The number of aliphatic carboxylic acids is 1. The van der Waals surface area contributed by atoms with Gasteiger partial charge in [0.15, 0.2) is 5.82 Å². The molecule has 0 atom stereocenters. The van der Waals surface area contributed by atoms with E-state index in [1.807, 2.05) is 6.92 Å². The molecule has 0 unspecified atom stereocenters. The van der Waals surface area contributed by atoms with Gasteiger partial charge in [-0.25, -0.2) is 27.0 Å². The van der Waals surface area contributed by atoms with Crippen molar-refractivity contribution in [2.45, 2.75) is 25.9 Å². The molecule has 218 valence electrons. The third kappa shape index (κ3) is 7.44. The third-order valence-corrected chi connectivity index (χ3v) is 7.19. The Morgan fingerprint density at radius 3 is 2.42 bits per heavy atom. The number of piperazine rings is 1. The molecule has 10 nitrogen and oxygen atoms in total. The van der Waals surface area contributed by atoms with Crippen molar-refractivity contribution < 1.29 is 45.1 Å². The molecule has 0 saturated carbocycles. The SMILES string of the molecule is CCCCS(=O)(=O)Nc1ccc(F)c(C(=O)c2c[nH]c3ncc(N4CCNCC4)cc23)c1F.O=C(O)C(F)(F)F. The number of H-pyrrole nitrogens is 1. The van der Waals surface area contributed by atoms with Gasteiger partial charge in [-0.15, -0.1) is 0 Å². The number of nitrogens with one attached hydrogen (secondary N) is 3. The van der Waals surface area contributed by atoms with E-state index in [2.05, 4.69) is 24.9 Å². The highest BCUT2D eigenvalue weighted by Crippen LogP contribution is 2.29. The summed E-state index contributed by atoms with van der Waals surface area (Å²) in [5.41, 5.74) is -0.0155. The number of unbranched alkanes of at least 4 members (excludes halogenated alkanes) is 1. The average Bonchev–Trinajstić information content (AvgIpc) is 3.33. The van der Waals surface area contributed by atoms with Crippen molar-refractivity contribution >= 4 is 44.2 Å². The Bertz CT molecular complexity index is 1490. The Morgan fingerprint density at radius 2 is 1.82 bits per heavy atom. The van der Waals surface area contributed by atoms with Crippen LogP contribution in [0.3, 0.4) is 0 Å². The first-order chi connectivity index (χ1) is 18.7. The molecule has 0 aliphatic carbocycles. The fourth-order valence-corrected chi connectivity index (χ4v) is 5.07. The van der Waals surface area contributed by atoms with E-state index >= 15 is 4.39 Å². The molecule has 0 spiro atoms. The zero-order chi connectivity index (χ0) is 29.7. The summed E-state index contributed by atoms with van der Waals surface area (Å²) in [5, 5.41) is 10.8. The number of pyridine rings is 1. The van der Waals surface area contributed by atoms with Crippen molar-refractivity contribution in [2.75, 3.05) is 41.6 Å². The Balaban J connectivity index is 0.000000559. The summed E-state index contributed by atoms with van der Waals surface area (Å²) in [6, 6.07) is 3.63. The van der Waals surface area contributed by atoms with Crippen molar-refractivity contribution in [3.8, 4) is 0 Å². The van der Waals surface area contributed by atoms with Crippen LogP contribution in [0.5, 0.6) is 0 Å². The van der Waals surface area contributed by atoms with Crippen LogP contribution in [-0.2, 0) is 14.8 Å². The average molecular weight is 592 g/mol. The molecule has 40 heavy (non-hydrogen) atoms. The third-order valence-electron chi connectivity index (χ3n) is 5.84. The number of halogens is 5. The molecule has 4 rings (SSSR count). The minimum atomic E-state index is -5.08. The topological polar surface area (TPSA) is 144 Å². The number of aromatic nitrogens is 2. The number of anilines is 2. The lowest BCUT2D eigenvalue weighted by Gasteiger charge is -2.29. The lowest BCUT2D eigenvalue weighted by atomic mass is 10.0. The molecule has 0 radical (unpaired) electrons. The molecule has 1 aromatic carbocycles. The summed E-state index contributed by atoms with van der Waals surface area (Å²) in [5.74, 6) is -6.18. The van der Waals surface area contributed by atoms with Gasteiger partial charge in [-0.2, -0.15) is 13.2 Å². The van der Waals surface area contributed by atoms with Gasteiger partial charge in [0, 0.05) is 43.3 Å². The van der Waals surface area contributed by atoms with Crippen LogP contribution in [-0.4, -0.2) is 73.4 Å². The van der Waals surface area contributed by atoms with Crippen LogP contribution in [0.1, 0.15) is 35.7 Å². The highest BCUT2D eigenvalue weighted by molar-refractivity contribution is 7.92. The normalized spacial score (nSPS) is 14.0. The molecule has 16 heteroatoms. The predicted octanol–water partition coefficient (Wildman–Crippen LogP) is 3.66. The number of rotatable bonds is 8. The van der Waals surface area contributed by atoms with Crippen LogP contribution in [0.4, 0.5) is 33.3 Å². The van der Waals surface area contributed by atoms with Crippen LogP contribution in [0, 0.1) is 11.6 Å². The maximum Gasteiger partial charge on any atom is 0.490 e. The number of fused-ring (bicyclic) bond motifs is 1. The number of nitrogens with zero attached hydrogens (tertiary/aromatic N) is 2. The van der Waals surface area contributed by atoms with Gasteiger partial charge in [0.25, 0.3) is 0 Å². The molecule has 1 saturated heterocycles. The first-order valence-corrected chi connectivity index (χ1v) is 13.7. The van der Waals surface area contributed by atoms with E-state index in [0.717, 1.165) is 44.0 Å². The molecule has 0 bridgehead atoms. The number of carboxylic acid groups (broad SMARTS) is 1. The number of carboxylic acids is 1. The van der Waals surface area contributed by atoms with Crippen LogP contribution >= 0.6 is 0 Å². The number of sulfonamides is 1. The number of aromatic amines is 1. The fraction of sp³-hybridized carbons (Fsp3) is 0.375. The van der Waals surface area contributed by atoms with Gasteiger partial charge in [-0.3, -0.25) is 9.52 Å². The molecule has 3 heterocycles. The molecular weight excluding hydrogens is 565 g/mol. The van der Waals surface area contributed by atoms with Crippen LogP contribution in [0.25, 0.3) is 11.0 Å². The number of carbonyl (C=O) groups is 2. The summed E-state index contributed by atoms with van der Waals surface area (Å²) < 4.78 is 88.0. The fourth-order valence-electron chi connectivity index (χ4n) is 3.80. The van der Waals surface area contributed by atoms with Crippen LogP contribution in [0.15, 0.2) is 30.6 Å². The number of alkyl halides is 3. The summed E-state index contributed by atoms with van der Waals surface area (Å²) in [6.45, 7) is 4.99. The molecular formula is C24H26F5N5O5S. The van der Waals surface area contributed by atoms with Gasteiger partial charge in [0.05, 0.1) is 28.9 Å². The Labute approximate surface area is 225 Å². The van der Waals surface area contributed by atoms with Crippen molar-refractivity contribution in [1.29, 1.82) is 0 Å². The molecule has 1 fully saturated rings. The number of hydrogen-bond donors (Lipinski definition) is 4. The van der Waals surface area contributed by atoms with Gasteiger partial charge < -0.3 is 20.3 Å². The van der Waals surface area contributed by atoms with E-state index in [4.69, 9.17) is 9.90 Å². The standard InChI is InChI=1S/C22H25F2N5O3S.C2HF3O2/c1-2-3-10-33(31,32)28-18-5-4-17(23)19(20(18)24)21(30)16-13-27-22-15(16)11-14(12-26-22)29-8-6-25-7-9-29;3-2(4,5)1(6)7/h4-5,11-13,25,28H,2-3,6-10H2,1H3,(H,26,27);(H,6,7). The zero-order valence-corrected chi connectivity index (χ0v) is 21.9. The molecule has 4 N–H and O–H groups in total. The second-order valence-corrected chi connectivity index (χ2v) is 10.6. The zero-order valence-electron chi connectivity index (χ0n) is 21.1. The maximum absolute atomic E-state index is 15.2. The summed E-state index contributed by atoms with van der Waals surface area (Å²) in [6.07, 6.45) is -1.01. The Kier molecular flexibility index (Phi) is 9.68. The quantitative estimate of drug-likeness (QED) is 0.230. The Morgan fingerprint density at radius 1 is 1.18 bits per heavy atom. The highest BCUT2D eigenvalue weighted by Gasteiger charge is 2.38. The highest BCUT2D eigenvalue weighted by atomic mass is 32.2. The maximum atomic E-state index is 15.2. The van der Waals surface area contributed by atoms with Crippen molar-refractivity contribution in [3.05, 3.63) is 53.4 Å². The minimum absolute atomic E-state index is 0.0540. The lowest BCUT2D eigenvalue weighted by molar-refractivity contribution is -0.192. The summed E-state index contributed by atoms with van der Waals surface area (Å²) in [4.78, 5) is 31.4. The molecule has 1 aliphatic heterocycles. The number of ketones is 1. The molecule has 2 aromatic heterocycles. The lowest BCUT2D eigenvalue weighted by Crippen LogP contribution is -2.43. The van der Waals surface area contributed by atoms with Crippen LogP contribution in [0.2, 0.25) is 0 Å². The smallest absolute Gasteiger partial charge is 0.475 e. The predicted molar refractivity (Wildman–Crippen MR) is 137 cm³/mol. The number of hydrogen-bond acceptors (Lipinski definition) is 7. The van der Waals surface area contributed by atoms with Gasteiger partial charge in [0.1, 0.15) is 11.5 Å². The largest absolute Gasteiger partial charge is 0.490 e. The Hall–Kier alpha value is -3.79. The molecule has 0 amide bonds. The minimum Gasteiger partial charge on any atom is -0.475 e. The number of carbonyl (C=O) groups excluding carboxylic acids is 1. The van der Waals surface area contributed by atoms with Gasteiger partial charge in [-0.05, 0) is 24.6 Å². The molecule has 1 aliphatic rings. The van der Waals surface area contributed by atoms with E-state index < -0.39 is 50.8 Å². The van der Waals surface area contributed by atoms with E-state index in [0.29, 0.717) is 23.9 Å². The van der Waals surface area contributed by atoms with Gasteiger partial charge in [-0.1, -0.05) is 13.3 Å². The van der Waals surface area contributed by atoms with Crippen molar-refractivity contribution in [3.63, 3.8) is 0 Å². The summed E-state index contributed by atoms with van der Waals surface area (Å²) in [7, 11) is -3.83. The van der Waals surface area contributed by atoms with E-state index in [1.165, 1.54) is 6.20 Å². The second-order valence-electron chi connectivity index (χ2n) is 8.72. The van der Waals surface area contributed by atoms with E-state index in [1.54, 1.807) is 12.3 Å². The van der Waals surface area contributed by atoms with Crippen LogP contribution < -0.4 is 14.9 Å². The first kappa shape index (κ1) is 30.7.